The summed E-state index contributed by atoms with van der Waals surface area (Å²) in [5, 5.41) is 12.7. The molecule has 0 aliphatic rings. The Morgan fingerprint density at radius 3 is 2.60 bits per heavy atom. The third kappa shape index (κ3) is 4.39. The summed E-state index contributed by atoms with van der Waals surface area (Å²) in [6.07, 6.45) is 1.52. The van der Waals surface area contributed by atoms with Gasteiger partial charge in [0.2, 0.25) is 0 Å². The van der Waals surface area contributed by atoms with Gasteiger partial charge in [-0.3, -0.25) is 4.79 Å². The van der Waals surface area contributed by atoms with E-state index in [0.717, 1.165) is 34.5 Å². The molecule has 1 aromatic heterocycles. The largest absolute Gasteiger partial charge is 0.494 e. The lowest BCUT2D eigenvalue weighted by Crippen LogP contribution is -2.19. The predicted octanol–water partition coefficient (Wildman–Crippen LogP) is 4.27. The molecular formula is C23H21FN4O2. The van der Waals surface area contributed by atoms with E-state index in [-0.39, 0.29) is 11.1 Å². The van der Waals surface area contributed by atoms with Gasteiger partial charge in [0.25, 0.3) is 5.91 Å². The van der Waals surface area contributed by atoms with Crippen molar-refractivity contribution >= 4 is 12.1 Å². The first-order valence-corrected chi connectivity index (χ1v) is 9.39. The molecule has 152 valence electrons. The maximum atomic E-state index is 13.9. The van der Waals surface area contributed by atoms with Crippen LogP contribution in [0, 0.1) is 31.0 Å². The number of nitriles is 1. The molecule has 0 aliphatic heterocycles. The molecule has 1 heterocycles. The summed E-state index contributed by atoms with van der Waals surface area (Å²) in [7, 11) is 0. The van der Waals surface area contributed by atoms with Gasteiger partial charge >= 0.3 is 0 Å². The van der Waals surface area contributed by atoms with Crippen LogP contribution < -0.4 is 10.2 Å². The molecule has 2 aromatic carbocycles. The summed E-state index contributed by atoms with van der Waals surface area (Å²) in [6.45, 7) is 6.48. The van der Waals surface area contributed by atoms with E-state index >= 15 is 0 Å². The van der Waals surface area contributed by atoms with Crippen LogP contribution in [-0.2, 0) is 0 Å². The van der Waals surface area contributed by atoms with Gasteiger partial charge in [-0.1, -0.05) is 0 Å². The van der Waals surface area contributed by atoms with E-state index in [1.54, 1.807) is 0 Å². The molecule has 6 nitrogen and oxygen atoms in total. The smallest absolute Gasteiger partial charge is 0.274 e. The second kappa shape index (κ2) is 9.05. The van der Waals surface area contributed by atoms with Crippen molar-refractivity contribution in [3.05, 3.63) is 82.4 Å². The third-order valence-corrected chi connectivity index (χ3v) is 4.59. The number of carbonyl (C=O) groups is 1. The summed E-state index contributed by atoms with van der Waals surface area (Å²) in [5.41, 5.74) is 6.05. The Morgan fingerprint density at radius 2 is 1.97 bits per heavy atom. The molecule has 0 radical (unpaired) electrons. The predicted molar refractivity (Wildman–Crippen MR) is 113 cm³/mol. The topological polar surface area (TPSA) is 79.4 Å². The van der Waals surface area contributed by atoms with Crippen molar-refractivity contribution in [1.82, 2.24) is 9.99 Å². The van der Waals surface area contributed by atoms with Crippen LogP contribution in [0.1, 0.15) is 39.8 Å². The Balaban J connectivity index is 1.76. The summed E-state index contributed by atoms with van der Waals surface area (Å²) in [5.74, 6) is -0.646. The van der Waals surface area contributed by atoms with Gasteiger partial charge < -0.3 is 9.30 Å². The standard InChI is InChI=1S/C23H21FN4O2/c1-4-30-20-8-6-19(7-9-20)28-15(2)11-18(16(28)3)14-26-27-23(29)21-10-5-17(13-25)12-22(21)24/h5-12,14H,4H2,1-3H3,(H,27,29)/b26-14-. The number of rotatable bonds is 6. The van der Waals surface area contributed by atoms with Crippen LogP contribution in [0.15, 0.2) is 53.6 Å². The number of ether oxygens (including phenoxy) is 1. The molecule has 3 aromatic rings. The molecule has 0 fully saturated rings. The molecule has 0 saturated carbocycles. The molecule has 7 heteroatoms. The summed E-state index contributed by atoms with van der Waals surface area (Å²) in [4.78, 5) is 12.2. The molecule has 1 amide bonds. The minimum absolute atomic E-state index is 0.147. The maximum Gasteiger partial charge on any atom is 0.274 e. The van der Waals surface area contributed by atoms with Gasteiger partial charge in [0.05, 0.1) is 30.0 Å². The van der Waals surface area contributed by atoms with Crippen LogP contribution in [0.5, 0.6) is 5.75 Å². The third-order valence-electron chi connectivity index (χ3n) is 4.59. The molecule has 30 heavy (non-hydrogen) atoms. The zero-order valence-electron chi connectivity index (χ0n) is 16.9. The minimum Gasteiger partial charge on any atom is -0.494 e. The van der Waals surface area contributed by atoms with Gasteiger partial charge in [0.15, 0.2) is 0 Å². The Morgan fingerprint density at radius 1 is 1.23 bits per heavy atom. The fourth-order valence-corrected chi connectivity index (χ4v) is 3.16. The van der Waals surface area contributed by atoms with E-state index in [1.165, 1.54) is 18.3 Å². The molecular weight excluding hydrogens is 383 g/mol. The van der Waals surface area contributed by atoms with Gasteiger partial charge in [-0.05, 0) is 69.3 Å². The first kappa shape index (κ1) is 20.8. The number of amides is 1. The SMILES string of the molecule is CCOc1ccc(-n2c(C)cc(/C=N\NC(=O)c3ccc(C#N)cc3F)c2C)cc1. The van der Waals surface area contributed by atoms with Crippen LogP contribution in [0.25, 0.3) is 5.69 Å². The first-order valence-electron chi connectivity index (χ1n) is 9.39. The summed E-state index contributed by atoms with van der Waals surface area (Å²) in [6, 6.07) is 15.2. The maximum absolute atomic E-state index is 13.9. The first-order chi connectivity index (χ1) is 14.4. The highest BCUT2D eigenvalue weighted by Gasteiger charge is 2.12. The van der Waals surface area contributed by atoms with Gasteiger partial charge in [-0.2, -0.15) is 10.4 Å². The van der Waals surface area contributed by atoms with Crippen molar-refractivity contribution in [3.8, 4) is 17.5 Å². The fourth-order valence-electron chi connectivity index (χ4n) is 3.16. The van der Waals surface area contributed by atoms with E-state index in [1.807, 2.05) is 57.2 Å². The number of hydrazone groups is 1. The van der Waals surface area contributed by atoms with Crippen molar-refractivity contribution in [2.75, 3.05) is 6.61 Å². The van der Waals surface area contributed by atoms with Gasteiger partial charge in [-0.15, -0.1) is 0 Å². The Kier molecular flexibility index (Phi) is 6.28. The van der Waals surface area contributed by atoms with Crippen molar-refractivity contribution in [1.29, 1.82) is 5.26 Å². The molecule has 0 aliphatic carbocycles. The number of aryl methyl sites for hydroxylation is 1. The number of hydrogen-bond acceptors (Lipinski definition) is 4. The number of carbonyl (C=O) groups excluding carboxylic acids is 1. The minimum atomic E-state index is -0.768. The number of halogens is 1. The van der Waals surface area contributed by atoms with E-state index in [2.05, 4.69) is 15.1 Å². The zero-order chi connectivity index (χ0) is 21.7. The van der Waals surface area contributed by atoms with Crippen molar-refractivity contribution in [2.45, 2.75) is 20.8 Å². The Bertz CT molecular complexity index is 1140. The van der Waals surface area contributed by atoms with Crippen LogP contribution in [0.4, 0.5) is 4.39 Å². The lowest BCUT2D eigenvalue weighted by Gasteiger charge is -2.10. The summed E-state index contributed by atoms with van der Waals surface area (Å²) >= 11 is 0. The number of benzene rings is 2. The molecule has 0 saturated heterocycles. The Labute approximate surface area is 174 Å². The average molecular weight is 404 g/mol. The van der Waals surface area contributed by atoms with Crippen LogP contribution in [0.3, 0.4) is 0 Å². The fraction of sp³-hybridized carbons (Fsp3) is 0.174. The van der Waals surface area contributed by atoms with Crippen molar-refractivity contribution < 1.29 is 13.9 Å². The average Bonchev–Trinajstić information content (AvgIpc) is 3.02. The highest BCUT2D eigenvalue weighted by atomic mass is 19.1. The van der Waals surface area contributed by atoms with Crippen LogP contribution in [0.2, 0.25) is 0 Å². The molecule has 0 unspecified atom stereocenters. The van der Waals surface area contributed by atoms with E-state index in [4.69, 9.17) is 10.00 Å². The zero-order valence-corrected chi connectivity index (χ0v) is 16.9. The lowest BCUT2D eigenvalue weighted by molar-refractivity contribution is 0.0951. The Hall–Kier alpha value is -3.92. The van der Waals surface area contributed by atoms with Crippen molar-refractivity contribution in [2.24, 2.45) is 5.10 Å². The highest BCUT2D eigenvalue weighted by molar-refractivity contribution is 5.95. The van der Waals surface area contributed by atoms with E-state index in [9.17, 15) is 9.18 Å². The molecule has 0 spiro atoms. The lowest BCUT2D eigenvalue weighted by atomic mass is 10.1. The second-order valence-electron chi connectivity index (χ2n) is 6.59. The van der Waals surface area contributed by atoms with Crippen LogP contribution in [-0.4, -0.2) is 23.3 Å². The molecule has 1 N–H and O–H groups in total. The number of nitrogens with one attached hydrogen (secondary N) is 1. The molecule has 0 bridgehead atoms. The number of nitrogens with zero attached hydrogens (tertiary/aromatic N) is 3. The molecule has 0 atom stereocenters. The number of aromatic nitrogens is 1. The number of hydrogen-bond donors (Lipinski definition) is 1. The van der Waals surface area contributed by atoms with E-state index < -0.39 is 11.7 Å². The van der Waals surface area contributed by atoms with Gasteiger partial charge in [0.1, 0.15) is 11.6 Å². The normalized spacial score (nSPS) is 10.8. The highest BCUT2D eigenvalue weighted by Crippen LogP contribution is 2.22. The monoisotopic (exact) mass is 404 g/mol. The molecule has 3 rings (SSSR count). The second-order valence-corrected chi connectivity index (χ2v) is 6.59. The van der Waals surface area contributed by atoms with E-state index in [0.29, 0.717) is 6.61 Å². The quantitative estimate of drug-likeness (QED) is 0.492. The van der Waals surface area contributed by atoms with Gasteiger partial charge in [-0.25, -0.2) is 9.82 Å². The van der Waals surface area contributed by atoms with Gasteiger partial charge in [0, 0.05) is 22.6 Å². The van der Waals surface area contributed by atoms with Crippen LogP contribution >= 0.6 is 0 Å². The summed E-state index contributed by atoms with van der Waals surface area (Å²) < 4.78 is 21.5. The van der Waals surface area contributed by atoms with Crippen molar-refractivity contribution in [3.63, 3.8) is 0 Å².